The molecular weight excluding hydrogens is 572 g/mol. The molecule has 2 aromatic heterocycles. The van der Waals surface area contributed by atoms with E-state index < -0.39 is 30.7 Å². The summed E-state index contributed by atoms with van der Waals surface area (Å²) in [6, 6.07) is 6.24. The van der Waals surface area contributed by atoms with Crippen molar-refractivity contribution in [2.24, 2.45) is 17.8 Å². The molecule has 2 aliphatic rings. The molecule has 0 radical (unpaired) electrons. The van der Waals surface area contributed by atoms with Crippen molar-refractivity contribution in [3.63, 3.8) is 0 Å². The van der Waals surface area contributed by atoms with Crippen molar-refractivity contribution in [3.05, 3.63) is 53.7 Å². The molecule has 3 heterocycles. The van der Waals surface area contributed by atoms with Crippen LogP contribution in [0.15, 0.2) is 36.8 Å². The molecule has 1 saturated carbocycles. The summed E-state index contributed by atoms with van der Waals surface area (Å²) in [5.41, 5.74) is 2.88. The Bertz CT molecular complexity index is 1430. The van der Waals surface area contributed by atoms with Gasteiger partial charge in [-0.25, -0.2) is 4.98 Å². The zero-order chi connectivity index (χ0) is 31.9. The zero-order valence-corrected chi connectivity index (χ0v) is 26.4. The second-order valence-corrected chi connectivity index (χ2v) is 13.2. The Morgan fingerprint density at radius 1 is 1.13 bits per heavy atom. The first-order chi connectivity index (χ1) is 21.7. The maximum Gasteiger partial charge on any atom is 0.271 e. The van der Waals surface area contributed by atoms with Crippen LogP contribution in [0.2, 0.25) is 0 Å². The Labute approximate surface area is 264 Å². The molecule has 0 saturated heterocycles. The van der Waals surface area contributed by atoms with Crippen molar-refractivity contribution in [2.75, 3.05) is 13.2 Å². The standard InChI is InChI=1S/C34H48N6O5/c1-21(2)12-13-36-32(43)23(19-41)15-30(42)28(14-22-8-4-3-5-9-22)39-33(44)29(16-24-17-35-20-37-24)40-18-26-25-10-6-7-11-27(25)38-31(26)34(40)45/h6-7,10-11,17,20-23,28-30,38,41-42H,3-5,8-9,12-16,18-19H2,1-2H3,(H,35,37)(H,36,43)(H,39,44)/t23?,28-,29-,30-/m0/s1. The lowest BCUT2D eigenvalue weighted by Gasteiger charge is -2.34. The van der Waals surface area contributed by atoms with E-state index >= 15 is 0 Å². The van der Waals surface area contributed by atoms with Crippen LogP contribution in [0.4, 0.5) is 0 Å². The van der Waals surface area contributed by atoms with Gasteiger partial charge in [-0.05, 0) is 37.2 Å². The predicted octanol–water partition coefficient (Wildman–Crippen LogP) is 3.44. The van der Waals surface area contributed by atoms with E-state index in [-0.39, 0.29) is 37.1 Å². The molecule has 1 aliphatic carbocycles. The fraction of sp³-hybridized carbons (Fsp3) is 0.588. The van der Waals surface area contributed by atoms with Crippen molar-refractivity contribution >= 4 is 28.6 Å². The van der Waals surface area contributed by atoms with Gasteiger partial charge < -0.3 is 35.7 Å². The molecule has 1 fully saturated rings. The predicted molar refractivity (Wildman–Crippen MR) is 171 cm³/mol. The first-order valence-electron chi connectivity index (χ1n) is 16.5. The summed E-state index contributed by atoms with van der Waals surface area (Å²) >= 11 is 0. The van der Waals surface area contributed by atoms with Crippen molar-refractivity contribution in [2.45, 2.75) is 96.4 Å². The molecule has 1 aliphatic heterocycles. The smallest absolute Gasteiger partial charge is 0.271 e. The van der Waals surface area contributed by atoms with Crippen molar-refractivity contribution in [1.29, 1.82) is 0 Å². The van der Waals surface area contributed by atoms with Crippen LogP contribution in [0.3, 0.4) is 0 Å². The highest BCUT2D eigenvalue weighted by Crippen LogP contribution is 2.33. The van der Waals surface area contributed by atoms with Gasteiger partial charge in [0, 0.05) is 42.2 Å². The number of nitrogens with zero attached hydrogens (tertiary/aromatic N) is 2. The summed E-state index contributed by atoms with van der Waals surface area (Å²) in [5.74, 6) is -0.959. The molecule has 3 amide bonds. The van der Waals surface area contributed by atoms with Crippen LogP contribution >= 0.6 is 0 Å². The zero-order valence-electron chi connectivity index (χ0n) is 26.4. The Kier molecular flexibility index (Phi) is 10.9. The summed E-state index contributed by atoms with van der Waals surface area (Å²) in [5, 5.41) is 28.5. The molecule has 45 heavy (non-hydrogen) atoms. The van der Waals surface area contributed by atoms with E-state index in [1.165, 1.54) is 6.42 Å². The first kappa shape index (κ1) is 32.7. The number of nitrogens with one attached hydrogen (secondary N) is 4. The summed E-state index contributed by atoms with van der Waals surface area (Å²) in [6.07, 6.45) is 9.23. The Morgan fingerprint density at radius 2 is 1.91 bits per heavy atom. The summed E-state index contributed by atoms with van der Waals surface area (Å²) in [7, 11) is 0. The number of hydrogen-bond donors (Lipinski definition) is 6. The molecule has 11 nitrogen and oxygen atoms in total. The fourth-order valence-electron chi connectivity index (χ4n) is 6.85. The van der Waals surface area contributed by atoms with E-state index in [9.17, 15) is 24.6 Å². The molecule has 11 heteroatoms. The third-order valence-corrected chi connectivity index (χ3v) is 9.50. The quantitative estimate of drug-likeness (QED) is 0.152. The molecule has 1 unspecified atom stereocenters. The van der Waals surface area contributed by atoms with E-state index in [0.29, 0.717) is 36.2 Å². The normalized spacial score (nSPS) is 18.2. The summed E-state index contributed by atoms with van der Waals surface area (Å²) in [4.78, 5) is 52.9. The highest BCUT2D eigenvalue weighted by molar-refractivity contribution is 6.05. The van der Waals surface area contributed by atoms with Crippen LogP contribution in [0.5, 0.6) is 0 Å². The average molecular weight is 621 g/mol. The number of benzene rings is 1. The van der Waals surface area contributed by atoms with Gasteiger partial charge in [-0.1, -0.05) is 64.2 Å². The number of aromatic amines is 2. The van der Waals surface area contributed by atoms with Gasteiger partial charge in [0.15, 0.2) is 0 Å². The maximum atomic E-state index is 14.2. The molecular formula is C34H48N6O5. The molecule has 1 aromatic carbocycles. The number of amides is 3. The number of carbonyl (C=O) groups is 3. The van der Waals surface area contributed by atoms with Crippen LogP contribution in [-0.2, 0) is 22.6 Å². The number of para-hydroxylation sites is 1. The lowest BCUT2D eigenvalue weighted by molar-refractivity contribution is -0.128. The third-order valence-electron chi connectivity index (χ3n) is 9.50. The number of aromatic nitrogens is 3. The molecule has 3 aromatic rings. The number of imidazole rings is 1. The van der Waals surface area contributed by atoms with Gasteiger partial charge in [-0.3, -0.25) is 14.4 Å². The maximum absolute atomic E-state index is 14.2. The number of aliphatic hydroxyl groups excluding tert-OH is 2. The van der Waals surface area contributed by atoms with Crippen molar-refractivity contribution in [1.82, 2.24) is 30.5 Å². The molecule has 4 atom stereocenters. The number of carbonyl (C=O) groups excluding carboxylic acids is 3. The van der Waals surface area contributed by atoms with E-state index in [4.69, 9.17) is 0 Å². The average Bonchev–Trinajstić information content (AvgIpc) is 3.75. The van der Waals surface area contributed by atoms with Gasteiger partial charge in [-0.15, -0.1) is 0 Å². The van der Waals surface area contributed by atoms with Crippen molar-refractivity contribution < 1.29 is 24.6 Å². The monoisotopic (exact) mass is 620 g/mol. The third kappa shape index (κ3) is 7.94. The first-order valence-corrected chi connectivity index (χ1v) is 16.5. The Morgan fingerprint density at radius 3 is 2.62 bits per heavy atom. The Balaban J connectivity index is 1.35. The van der Waals surface area contributed by atoms with Crippen LogP contribution in [0.1, 0.15) is 87.0 Å². The largest absolute Gasteiger partial charge is 0.396 e. The molecule has 0 spiro atoms. The van der Waals surface area contributed by atoms with Gasteiger partial charge in [0.25, 0.3) is 5.91 Å². The molecule has 0 bridgehead atoms. The minimum absolute atomic E-state index is 0.0188. The lowest BCUT2D eigenvalue weighted by Crippen LogP contribution is -2.54. The van der Waals surface area contributed by atoms with Gasteiger partial charge in [0.2, 0.25) is 11.8 Å². The van der Waals surface area contributed by atoms with Crippen molar-refractivity contribution in [3.8, 4) is 0 Å². The van der Waals surface area contributed by atoms with Crippen LogP contribution < -0.4 is 10.6 Å². The molecule has 5 rings (SSSR count). The molecule has 6 N–H and O–H groups in total. The van der Waals surface area contributed by atoms with Crippen LogP contribution in [0.25, 0.3) is 10.9 Å². The lowest BCUT2D eigenvalue weighted by atomic mass is 9.82. The van der Waals surface area contributed by atoms with E-state index in [1.54, 1.807) is 17.4 Å². The SMILES string of the molecule is CC(C)CCNC(=O)C(CO)C[C@H](O)[C@H](CC1CCCCC1)NC(=O)[C@H](Cc1c[nH]cn1)N1Cc2c([nH]c3ccccc23)C1=O. The van der Waals surface area contributed by atoms with Gasteiger partial charge in [0.05, 0.1) is 36.7 Å². The molecule has 244 valence electrons. The summed E-state index contributed by atoms with van der Waals surface area (Å²) < 4.78 is 0. The van der Waals surface area contributed by atoms with Crippen LogP contribution in [0, 0.1) is 17.8 Å². The topological polar surface area (TPSA) is 163 Å². The van der Waals surface area contributed by atoms with E-state index in [1.807, 2.05) is 24.3 Å². The highest BCUT2D eigenvalue weighted by Gasteiger charge is 2.40. The number of aliphatic hydroxyl groups is 2. The summed E-state index contributed by atoms with van der Waals surface area (Å²) in [6.45, 7) is 4.53. The van der Waals surface area contributed by atoms with Gasteiger partial charge >= 0.3 is 0 Å². The van der Waals surface area contributed by atoms with Crippen LogP contribution in [-0.4, -0.2) is 79.1 Å². The van der Waals surface area contributed by atoms with E-state index in [0.717, 1.165) is 48.6 Å². The second kappa shape index (κ2) is 15.1. The minimum atomic E-state index is -1.05. The number of hydrogen-bond acceptors (Lipinski definition) is 6. The van der Waals surface area contributed by atoms with Gasteiger partial charge in [-0.2, -0.15) is 0 Å². The second-order valence-electron chi connectivity index (χ2n) is 13.2. The Hall–Kier alpha value is -3.70. The van der Waals surface area contributed by atoms with Gasteiger partial charge in [0.1, 0.15) is 11.7 Å². The number of fused-ring (bicyclic) bond motifs is 3. The van der Waals surface area contributed by atoms with E-state index in [2.05, 4.69) is 39.4 Å². The number of rotatable bonds is 15. The minimum Gasteiger partial charge on any atom is -0.396 e. The number of H-pyrrole nitrogens is 2. The fourth-order valence-corrected chi connectivity index (χ4v) is 6.85. The highest BCUT2D eigenvalue weighted by atomic mass is 16.3.